The van der Waals surface area contributed by atoms with Crippen molar-refractivity contribution >= 4 is 5.97 Å². The zero-order chi connectivity index (χ0) is 11.0. The molecule has 0 amide bonds. The first-order chi connectivity index (χ1) is 7.11. The smallest absolute Gasteiger partial charge is 0.309 e. The van der Waals surface area contributed by atoms with Gasteiger partial charge in [0.15, 0.2) is 0 Å². The van der Waals surface area contributed by atoms with Gasteiger partial charge in [-0.15, -0.1) is 0 Å². The summed E-state index contributed by atoms with van der Waals surface area (Å²) in [6.45, 7) is 7.18. The lowest BCUT2D eigenvalue weighted by Gasteiger charge is -2.40. The molecule has 2 nitrogen and oxygen atoms in total. The fourth-order valence-electron chi connectivity index (χ4n) is 3.02. The van der Waals surface area contributed by atoms with Crippen LogP contribution in [0.5, 0.6) is 0 Å². The van der Waals surface area contributed by atoms with E-state index in [-0.39, 0.29) is 11.9 Å². The van der Waals surface area contributed by atoms with Crippen molar-refractivity contribution in [3.63, 3.8) is 0 Å². The van der Waals surface area contributed by atoms with Gasteiger partial charge in [0.05, 0.1) is 12.5 Å². The summed E-state index contributed by atoms with van der Waals surface area (Å²) in [5, 5.41) is 0. The predicted molar refractivity (Wildman–Crippen MR) is 59.3 cm³/mol. The van der Waals surface area contributed by atoms with Crippen LogP contribution in [0, 0.1) is 23.7 Å². The Bertz CT molecular complexity index is 291. The van der Waals surface area contributed by atoms with Gasteiger partial charge in [0, 0.05) is 0 Å². The molecule has 1 saturated heterocycles. The number of hydrogen-bond acceptors (Lipinski definition) is 2. The highest BCUT2D eigenvalue weighted by molar-refractivity contribution is 5.74. The number of carbonyl (C=O) groups excluding carboxylic acids is 1. The molecule has 3 atom stereocenters. The fourth-order valence-corrected chi connectivity index (χ4v) is 3.02. The van der Waals surface area contributed by atoms with Gasteiger partial charge in [0.2, 0.25) is 0 Å². The quantitative estimate of drug-likeness (QED) is 0.489. The van der Waals surface area contributed by atoms with Crippen LogP contribution < -0.4 is 0 Å². The van der Waals surface area contributed by atoms with Crippen LogP contribution in [0.25, 0.3) is 0 Å². The maximum absolute atomic E-state index is 11.8. The van der Waals surface area contributed by atoms with E-state index in [1.807, 2.05) is 0 Å². The molecular formula is C13H20O2. The highest BCUT2D eigenvalue weighted by Crippen LogP contribution is 2.42. The van der Waals surface area contributed by atoms with E-state index >= 15 is 0 Å². The third kappa shape index (κ3) is 1.82. The molecule has 0 spiro atoms. The van der Waals surface area contributed by atoms with Crippen molar-refractivity contribution < 1.29 is 9.53 Å². The van der Waals surface area contributed by atoms with Gasteiger partial charge in [-0.2, -0.15) is 0 Å². The molecule has 0 N–H and O–H groups in total. The number of carbonyl (C=O) groups is 1. The van der Waals surface area contributed by atoms with Gasteiger partial charge < -0.3 is 4.74 Å². The predicted octanol–water partition coefficient (Wildman–Crippen LogP) is 2.79. The molecule has 1 fully saturated rings. The second-order valence-electron chi connectivity index (χ2n) is 5.18. The van der Waals surface area contributed by atoms with E-state index in [4.69, 9.17) is 4.74 Å². The van der Waals surface area contributed by atoms with Gasteiger partial charge in [-0.05, 0) is 37.5 Å². The van der Waals surface area contributed by atoms with Crippen molar-refractivity contribution in [2.75, 3.05) is 6.61 Å². The Morgan fingerprint density at radius 1 is 1.47 bits per heavy atom. The van der Waals surface area contributed by atoms with Crippen LogP contribution in [0.2, 0.25) is 0 Å². The average Bonchev–Trinajstić information content (AvgIpc) is 2.19. The Morgan fingerprint density at radius 3 is 2.87 bits per heavy atom. The average molecular weight is 208 g/mol. The molecule has 1 aliphatic carbocycles. The summed E-state index contributed by atoms with van der Waals surface area (Å²) in [4.78, 5) is 11.8. The molecule has 2 aliphatic rings. The first kappa shape index (κ1) is 10.7. The van der Waals surface area contributed by atoms with E-state index in [9.17, 15) is 4.79 Å². The van der Waals surface area contributed by atoms with Crippen LogP contribution in [0.1, 0.15) is 33.6 Å². The van der Waals surface area contributed by atoms with E-state index in [0.29, 0.717) is 24.4 Å². The number of allylic oxidation sites excluding steroid dienone is 2. The standard InChI is InChI=1S/C13H20O2/c1-8(2)10-5-4-9(3)11-6-7-15-13(14)12(10)11/h4,8,10-12H,5-7H2,1-3H3/t10-,11-,12-/m0/s1. The summed E-state index contributed by atoms with van der Waals surface area (Å²) >= 11 is 0. The molecule has 1 aliphatic heterocycles. The molecule has 1 heterocycles. The number of esters is 1. The molecule has 0 aromatic carbocycles. The van der Waals surface area contributed by atoms with Crippen LogP contribution in [0.15, 0.2) is 11.6 Å². The monoisotopic (exact) mass is 208 g/mol. The number of ether oxygens (including phenoxy) is 1. The molecule has 0 saturated carbocycles. The number of hydrogen-bond donors (Lipinski definition) is 0. The fraction of sp³-hybridized carbons (Fsp3) is 0.769. The number of cyclic esters (lactones) is 1. The SMILES string of the molecule is CC1=CC[C@@H](C(C)C)[C@@H]2C(=O)OCC[C@@H]12. The second kappa shape index (κ2) is 3.99. The highest BCUT2D eigenvalue weighted by Gasteiger charge is 2.42. The lowest BCUT2D eigenvalue weighted by Crippen LogP contribution is -2.41. The zero-order valence-electron chi connectivity index (χ0n) is 9.82. The Kier molecular flexibility index (Phi) is 2.85. The molecule has 0 aromatic rings. The summed E-state index contributed by atoms with van der Waals surface area (Å²) in [6.07, 6.45) is 4.38. The second-order valence-corrected chi connectivity index (χ2v) is 5.18. The third-order valence-corrected chi connectivity index (χ3v) is 3.99. The van der Waals surface area contributed by atoms with Crippen molar-refractivity contribution in [1.29, 1.82) is 0 Å². The maximum Gasteiger partial charge on any atom is 0.309 e. The Morgan fingerprint density at radius 2 is 2.20 bits per heavy atom. The van der Waals surface area contributed by atoms with E-state index in [1.54, 1.807) is 0 Å². The highest BCUT2D eigenvalue weighted by atomic mass is 16.5. The number of fused-ring (bicyclic) bond motifs is 1. The molecule has 2 rings (SSSR count). The van der Waals surface area contributed by atoms with Gasteiger partial charge in [0.25, 0.3) is 0 Å². The maximum atomic E-state index is 11.8. The summed E-state index contributed by atoms with van der Waals surface area (Å²) in [7, 11) is 0. The van der Waals surface area contributed by atoms with Crippen LogP contribution in [0.4, 0.5) is 0 Å². The lowest BCUT2D eigenvalue weighted by molar-refractivity contribution is -0.159. The van der Waals surface area contributed by atoms with Gasteiger partial charge in [0.1, 0.15) is 0 Å². The first-order valence-electron chi connectivity index (χ1n) is 5.94. The molecule has 2 heteroatoms. The number of rotatable bonds is 1. The van der Waals surface area contributed by atoms with Gasteiger partial charge >= 0.3 is 5.97 Å². The van der Waals surface area contributed by atoms with Crippen LogP contribution in [0.3, 0.4) is 0 Å². The minimum Gasteiger partial charge on any atom is -0.465 e. The van der Waals surface area contributed by atoms with Crippen molar-refractivity contribution in [3.05, 3.63) is 11.6 Å². The largest absolute Gasteiger partial charge is 0.465 e. The van der Waals surface area contributed by atoms with E-state index in [2.05, 4.69) is 26.8 Å². The summed E-state index contributed by atoms with van der Waals surface area (Å²) in [5.74, 6) is 1.66. The molecule has 0 aromatic heterocycles. The Labute approximate surface area is 91.7 Å². The van der Waals surface area contributed by atoms with Gasteiger partial charge in [-0.1, -0.05) is 25.5 Å². The molecule has 15 heavy (non-hydrogen) atoms. The Hall–Kier alpha value is -0.790. The van der Waals surface area contributed by atoms with Crippen LogP contribution in [-0.2, 0) is 9.53 Å². The topological polar surface area (TPSA) is 26.3 Å². The summed E-state index contributed by atoms with van der Waals surface area (Å²) in [6, 6.07) is 0. The molecule has 0 unspecified atom stereocenters. The zero-order valence-corrected chi connectivity index (χ0v) is 9.82. The van der Waals surface area contributed by atoms with Crippen molar-refractivity contribution in [3.8, 4) is 0 Å². The van der Waals surface area contributed by atoms with E-state index in [1.165, 1.54) is 5.57 Å². The molecular weight excluding hydrogens is 188 g/mol. The Balaban J connectivity index is 2.28. The van der Waals surface area contributed by atoms with Crippen molar-refractivity contribution in [2.45, 2.75) is 33.6 Å². The van der Waals surface area contributed by atoms with Gasteiger partial charge in [-0.3, -0.25) is 4.79 Å². The third-order valence-electron chi connectivity index (χ3n) is 3.99. The van der Waals surface area contributed by atoms with E-state index < -0.39 is 0 Å². The van der Waals surface area contributed by atoms with Crippen LogP contribution >= 0.6 is 0 Å². The normalized spacial score (nSPS) is 35.9. The summed E-state index contributed by atoms with van der Waals surface area (Å²) < 4.78 is 5.21. The minimum absolute atomic E-state index is 0.0393. The molecule has 84 valence electrons. The minimum atomic E-state index is 0.0393. The molecule has 0 bridgehead atoms. The van der Waals surface area contributed by atoms with E-state index in [0.717, 1.165) is 12.8 Å². The lowest BCUT2D eigenvalue weighted by atomic mass is 9.66. The van der Waals surface area contributed by atoms with Gasteiger partial charge in [-0.25, -0.2) is 0 Å². The first-order valence-corrected chi connectivity index (χ1v) is 5.94. The summed E-state index contributed by atoms with van der Waals surface area (Å²) in [5.41, 5.74) is 1.40. The van der Waals surface area contributed by atoms with Crippen molar-refractivity contribution in [1.82, 2.24) is 0 Å². The van der Waals surface area contributed by atoms with Crippen LogP contribution in [-0.4, -0.2) is 12.6 Å². The molecule has 0 radical (unpaired) electrons. The van der Waals surface area contributed by atoms with Crippen molar-refractivity contribution in [2.24, 2.45) is 23.7 Å².